The highest BCUT2D eigenvalue weighted by atomic mass is 15.2. The fourth-order valence-corrected chi connectivity index (χ4v) is 15.3. The third kappa shape index (κ3) is 6.81. The van der Waals surface area contributed by atoms with E-state index < -0.39 is 0 Å². The molecule has 0 radical (unpaired) electrons. The summed E-state index contributed by atoms with van der Waals surface area (Å²) in [7, 11) is 0. The van der Waals surface area contributed by atoms with E-state index in [4.69, 9.17) is 9.97 Å². The Morgan fingerprint density at radius 2 is 0.729 bits per heavy atom. The van der Waals surface area contributed by atoms with Gasteiger partial charge in [-0.3, -0.25) is 0 Å². The van der Waals surface area contributed by atoms with E-state index in [1.54, 1.807) is 0 Å². The maximum absolute atomic E-state index is 5.68. The minimum Gasteiger partial charge on any atom is -0.311 e. The summed E-state index contributed by atoms with van der Waals surface area (Å²) >= 11 is 0. The number of para-hydroxylation sites is 1. The van der Waals surface area contributed by atoms with Crippen molar-refractivity contribution in [3.63, 3.8) is 0 Å². The zero-order valence-corrected chi connectivity index (χ0v) is 48.4. The smallest absolute Gasteiger partial charge is 0.252 e. The van der Waals surface area contributed by atoms with Gasteiger partial charge in [-0.25, -0.2) is 9.97 Å². The second-order valence-corrected chi connectivity index (χ2v) is 26.0. The van der Waals surface area contributed by atoms with Gasteiger partial charge in [-0.05, 0) is 156 Å². The van der Waals surface area contributed by atoms with E-state index in [2.05, 4.69) is 288 Å². The van der Waals surface area contributed by atoms with E-state index in [0.717, 1.165) is 50.5 Å². The molecule has 0 fully saturated rings. The Bertz CT molecular complexity index is 5210. The first kappa shape index (κ1) is 48.4. The highest BCUT2D eigenvalue weighted by Crippen LogP contribution is 2.53. The molecule has 0 unspecified atom stereocenters. The van der Waals surface area contributed by atoms with Gasteiger partial charge in [-0.1, -0.05) is 236 Å². The van der Waals surface area contributed by atoms with E-state index in [-0.39, 0.29) is 17.5 Å². The quantitative estimate of drug-likeness (QED) is 0.0999. The molecule has 400 valence electrons. The molecule has 1 aromatic heterocycles. The molecule has 0 atom stereocenters. The van der Waals surface area contributed by atoms with E-state index in [1.807, 2.05) is 0 Å². The third-order valence-corrected chi connectivity index (χ3v) is 19.2. The summed E-state index contributed by atoms with van der Waals surface area (Å²) in [6, 6.07) is 89.7. The predicted molar refractivity (Wildman–Crippen MR) is 364 cm³/mol. The lowest BCUT2D eigenvalue weighted by Gasteiger charge is -2.45. The van der Waals surface area contributed by atoms with Crippen molar-refractivity contribution in [1.82, 2.24) is 9.97 Å². The van der Waals surface area contributed by atoms with Crippen molar-refractivity contribution in [1.29, 1.82) is 0 Å². The lowest BCUT2D eigenvalue weighted by atomic mass is 9.33. The van der Waals surface area contributed by atoms with Crippen molar-refractivity contribution in [2.45, 2.75) is 52.4 Å². The molecule has 16 aromatic rings. The van der Waals surface area contributed by atoms with Crippen LogP contribution in [0.3, 0.4) is 0 Å². The Hall–Kier alpha value is -10.1. The normalized spacial score (nSPS) is 13.5. The molecule has 5 heteroatoms. The van der Waals surface area contributed by atoms with Gasteiger partial charge < -0.3 is 9.80 Å². The molecule has 0 amide bonds. The van der Waals surface area contributed by atoms with Crippen molar-refractivity contribution < 1.29 is 0 Å². The van der Waals surface area contributed by atoms with Crippen LogP contribution in [0.15, 0.2) is 237 Å². The largest absolute Gasteiger partial charge is 0.311 e. The molecule has 2 aliphatic heterocycles. The van der Waals surface area contributed by atoms with Gasteiger partial charge >= 0.3 is 0 Å². The van der Waals surface area contributed by atoms with E-state index in [1.165, 1.54) is 125 Å². The fraction of sp³-hybridized carbons (Fsp3) is 0.100. The van der Waals surface area contributed by atoms with Gasteiger partial charge in [0, 0.05) is 61.4 Å². The molecule has 0 aliphatic carbocycles. The van der Waals surface area contributed by atoms with Crippen molar-refractivity contribution in [3.05, 3.63) is 248 Å². The van der Waals surface area contributed by atoms with Gasteiger partial charge in [0.15, 0.2) is 5.82 Å². The fourth-order valence-electron chi connectivity index (χ4n) is 15.3. The Morgan fingerprint density at radius 1 is 0.329 bits per heavy atom. The summed E-state index contributed by atoms with van der Waals surface area (Å²) in [5, 5.41) is 21.4. The highest BCUT2D eigenvalue weighted by molar-refractivity contribution is 7.01. The summed E-state index contributed by atoms with van der Waals surface area (Å²) in [5.74, 6) is 0.680. The van der Waals surface area contributed by atoms with Crippen LogP contribution in [0.25, 0.3) is 120 Å². The van der Waals surface area contributed by atoms with Gasteiger partial charge in [-0.15, -0.1) is 0 Å². The Morgan fingerprint density at radius 3 is 1.20 bits per heavy atom. The van der Waals surface area contributed by atoms with Crippen LogP contribution in [-0.2, 0) is 10.8 Å². The molecule has 3 heterocycles. The summed E-state index contributed by atoms with van der Waals surface area (Å²) in [4.78, 5) is 16.5. The standard InChI is InChI=1S/C80H57BN4/c1-79(2,3)50-34-38-52(39-35-50)84-68-42-49(78-82-67-33-11-10-24-60(67)75(83-78)48-18-8-7-9-19-48)43-69-74(68)81(65-44-63-58-27-14-22-46-20-12-25-54(70(46)58)56-29-16-31-61(72(56)63)76(65)84)66-45-64-59-28-15-23-47-21-13-26-55(71(47)59)57-30-17-32-62(73(57)64)77(66)85(69)53-40-36-51(37-41-53)80(4,5)6/h7-45H,1-6H3. The first-order valence-corrected chi connectivity index (χ1v) is 30.0. The molecule has 0 spiro atoms. The molecule has 0 N–H and O–H groups in total. The van der Waals surface area contributed by atoms with E-state index in [9.17, 15) is 0 Å². The van der Waals surface area contributed by atoms with Crippen LogP contribution in [0, 0.1) is 0 Å². The van der Waals surface area contributed by atoms with Crippen molar-refractivity contribution in [2.24, 2.45) is 0 Å². The van der Waals surface area contributed by atoms with Crippen molar-refractivity contribution in [3.8, 4) is 22.6 Å². The Kier molecular flexibility index (Phi) is 9.83. The predicted octanol–water partition coefficient (Wildman–Crippen LogP) is 19.7. The van der Waals surface area contributed by atoms with Gasteiger partial charge in [0.2, 0.25) is 0 Å². The molecular formula is C80H57BN4. The highest BCUT2D eigenvalue weighted by Gasteiger charge is 2.46. The van der Waals surface area contributed by atoms with Crippen LogP contribution in [0.1, 0.15) is 52.7 Å². The van der Waals surface area contributed by atoms with Gasteiger partial charge in [0.05, 0.1) is 11.2 Å². The number of anilines is 6. The summed E-state index contributed by atoms with van der Waals surface area (Å²) in [6.45, 7) is 13.6. The number of rotatable bonds is 4. The maximum Gasteiger partial charge on any atom is 0.252 e. The monoisotopic (exact) mass is 1080 g/mol. The minimum atomic E-state index is -0.210. The third-order valence-electron chi connectivity index (χ3n) is 19.2. The molecule has 0 saturated carbocycles. The van der Waals surface area contributed by atoms with Crippen LogP contribution >= 0.6 is 0 Å². The van der Waals surface area contributed by atoms with Crippen molar-refractivity contribution in [2.75, 3.05) is 9.80 Å². The number of aromatic nitrogens is 2. The first-order valence-electron chi connectivity index (χ1n) is 30.0. The second-order valence-electron chi connectivity index (χ2n) is 26.0. The first-order chi connectivity index (χ1) is 41.4. The number of fused-ring (bicyclic) bond motifs is 11. The zero-order valence-electron chi connectivity index (χ0n) is 48.4. The van der Waals surface area contributed by atoms with Gasteiger partial charge in [-0.2, -0.15) is 0 Å². The summed E-state index contributed by atoms with van der Waals surface area (Å²) in [5.41, 5.74) is 16.9. The summed E-state index contributed by atoms with van der Waals surface area (Å²) < 4.78 is 0. The zero-order chi connectivity index (χ0) is 56.8. The van der Waals surface area contributed by atoms with Crippen LogP contribution in [0.4, 0.5) is 34.1 Å². The number of nitrogens with zero attached hydrogens (tertiary/aromatic N) is 4. The molecule has 18 rings (SSSR count). The van der Waals surface area contributed by atoms with Crippen LogP contribution in [0.5, 0.6) is 0 Å². The second kappa shape index (κ2) is 17.2. The van der Waals surface area contributed by atoms with Crippen LogP contribution in [0.2, 0.25) is 0 Å². The van der Waals surface area contributed by atoms with Gasteiger partial charge in [0.25, 0.3) is 6.71 Å². The lowest BCUT2D eigenvalue weighted by Crippen LogP contribution is -2.61. The van der Waals surface area contributed by atoms with Gasteiger partial charge in [0.1, 0.15) is 0 Å². The number of hydrogen-bond acceptors (Lipinski definition) is 4. The topological polar surface area (TPSA) is 32.3 Å². The van der Waals surface area contributed by atoms with Crippen LogP contribution in [-0.4, -0.2) is 16.7 Å². The summed E-state index contributed by atoms with van der Waals surface area (Å²) in [6.07, 6.45) is 0. The van der Waals surface area contributed by atoms with E-state index in [0.29, 0.717) is 5.82 Å². The molecule has 0 saturated heterocycles. The molecule has 4 nitrogen and oxygen atoms in total. The molecular weight excluding hydrogens is 1030 g/mol. The molecule has 85 heavy (non-hydrogen) atoms. The lowest BCUT2D eigenvalue weighted by molar-refractivity contribution is 0.590. The van der Waals surface area contributed by atoms with E-state index >= 15 is 0 Å². The Balaban J connectivity index is 1.05. The SMILES string of the molecule is CC(C)(C)c1ccc(N2c3cc(-c4nc(-c5ccccc5)c5ccccc5n4)cc4c3B(c3cc5c6cccc7cccc(c8cccc(c32)c85)c76)c2cc3c5cccc6cccc(c7cccc(c2N4c2ccc(C(C)(C)C)cc2)c73)c65)cc1. The Labute approximate surface area is 494 Å². The average molecular weight is 1090 g/mol. The molecule has 2 aliphatic rings. The minimum absolute atomic E-state index is 0.0468. The van der Waals surface area contributed by atoms with Crippen LogP contribution < -0.4 is 26.2 Å². The number of hydrogen-bond donors (Lipinski definition) is 0. The maximum atomic E-state index is 5.68. The van der Waals surface area contributed by atoms with Crippen molar-refractivity contribution >= 4 is 154 Å². The number of benzene rings is 15. The molecule has 0 bridgehead atoms. The molecule has 15 aromatic carbocycles. The average Bonchev–Trinajstić information content (AvgIpc) is 1.00.